The SMILES string of the molecule is COc1ccccc1/C=N\NS(=O)(=O)c1cc(C)ccc1C. The van der Waals surface area contributed by atoms with Crippen LogP contribution in [-0.4, -0.2) is 21.7 Å². The molecule has 2 aromatic carbocycles. The molecule has 0 atom stereocenters. The molecule has 0 bridgehead atoms. The standard InChI is InChI=1S/C16H18N2O3S/c1-12-8-9-13(2)16(10-12)22(19,20)18-17-11-14-6-4-5-7-15(14)21-3/h4-11,18H,1-3H3/b17-11-. The van der Waals surface area contributed by atoms with E-state index in [9.17, 15) is 8.42 Å². The predicted molar refractivity (Wildman–Crippen MR) is 86.8 cm³/mol. The third-order valence-corrected chi connectivity index (χ3v) is 4.51. The highest BCUT2D eigenvalue weighted by molar-refractivity contribution is 7.89. The number of rotatable bonds is 5. The topological polar surface area (TPSA) is 67.8 Å². The number of para-hydroxylation sites is 1. The van der Waals surface area contributed by atoms with E-state index in [4.69, 9.17) is 4.74 Å². The number of hydrogen-bond acceptors (Lipinski definition) is 4. The smallest absolute Gasteiger partial charge is 0.276 e. The van der Waals surface area contributed by atoms with E-state index in [0.29, 0.717) is 16.9 Å². The maximum absolute atomic E-state index is 12.3. The van der Waals surface area contributed by atoms with Crippen molar-refractivity contribution in [1.29, 1.82) is 0 Å². The maximum atomic E-state index is 12.3. The molecule has 0 aliphatic rings. The molecule has 0 fully saturated rings. The molecule has 2 aromatic rings. The summed E-state index contributed by atoms with van der Waals surface area (Å²) in [6.07, 6.45) is 1.42. The van der Waals surface area contributed by atoms with Gasteiger partial charge in [-0.3, -0.25) is 0 Å². The van der Waals surface area contributed by atoms with E-state index in [-0.39, 0.29) is 4.90 Å². The van der Waals surface area contributed by atoms with Crippen LogP contribution in [0, 0.1) is 13.8 Å². The van der Waals surface area contributed by atoms with E-state index < -0.39 is 10.0 Å². The van der Waals surface area contributed by atoms with Crippen molar-refractivity contribution in [3.05, 3.63) is 59.2 Å². The number of benzene rings is 2. The number of nitrogens with one attached hydrogen (secondary N) is 1. The molecule has 0 aromatic heterocycles. The van der Waals surface area contributed by atoms with Gasteiger partial charge in [-0.25, -0.2) is 4.83 Å². The van der Waals surface area contributed by atoms with E-state index in [1.54, 1.807) is 38.3 Å². The second-order valence-electron chi connectivity index (χ2n) is 4.86. The highest BCUT2D eigenvalue weighted by atomic mass is 32.2. The number of sulfonamides is 1. The van der Waals surface area contributed by atoms with Crippen LogP contribution < -0.4 is 9.57 Å². The lowest BCUT2D eigenvalue weighted by Gasteiger charge is -2.08. The van der Waals surface area contributed by atoms with Crippen molar-refractivity contribution < 1.29 is 13.2 Å². The quantitative estimate of drug-likeness (QED) is 0.680. The molecule has 0 unspecified atom stereocenters. The molecule has 0 aliphatic heterocycles. The van der Waals surface area contributed by atoms with Gasteiger partial charge in [0.15, 0.2) is 0 Å². The first-order valence-corrected chi connectivity index (χ1v) is 8.17. The van der Waals surface area contributed by atoms with Crippen LogP contribution in [0.3, 0.4) is 0 Å². The Morgan fingerprint density at radius 3 is 2.59 bits per heavy atom. The molecule has 6 heteroatoms. The molecular formula is C16H18N2O3S. The van der Waals surface area contributed by atoms with Crippen LogP contribution in [-0.2, 0) is 10.0 Å². The number of ether oxygens (including phenoxy) is 1. The van der Waals surface area contributed by atoms with E-state index in [2.05, 4.69) is 9.93 Å². The Kier molecular flexibility index (Phi) is 4.82. The van der Waals surface area contributed by atoms with E-state index in [0.717, 1.165) is 5.56 Å². The summed E-state index contributed by atoms with van der Waals surface area (Å²) < 4.78 is 29.8. The molecule has 116 valence electrons. The number of methoxy groups -OCH3 is 1. The van der Waals surface area contributed by atoms with Crippen LogP contribution in [0.5, 0.6) is 5.75 Å². The lowest BCUT2D eigenvalue weighted by molar-refractivity contribution is 0.414. The van der Waals surface area contributed by atoms with Crippen LogP contribution in [0.1, 0.15) is 16.7 Å². The molecule has 0 radical (unpaired) electrons. The Morgan fingerprint density at radius 1 is 1.14 bits per heavy atom. The van der Waals surface area contributed by atoms with Gasteiger partial charge in [0, 0.05) is 5.56 Å². The Morgan fingerprint density at radius 2 is 1.86 bits per heavy atom. The molecule has 5 nitrogen and oxygen atoms in total. The summed E-state index contributed by atoms with van der Waals surface area (Å²) >= 11 is 0. The molecule has 2 rings (SSSR count). The summed E-state index contributed by atoms with van der Waals surface area (Å²) in [4.78, 5) is 2.46. The summed E-state index contributed by atoms with van der Waals surface area (Å²) in [5, 5.41) is 3.83. The Bertz CT molecular complexity index is 799. The number of hydrazone groups is 1. The van der Waals surface area contributed by atoms with Gasteiger partial charge >= 0.3 is 0 Å². The zero-order valence-electron chi connectivity index (χ0n) is 12.7. The highest BCUT2D eigenvalue weighted by Gasteiger charge is 2.15. The van der Waals surface area contributed by atoms with Gasteiger partial charge in [0.05, 0.1) is 18.2 Å². The first-order valence-electron chi connectivity index (χ1n) is 6.69. The zero-order chi connectivity index (χ0) is 16.2. The van der Waals surface area contributed by atoms with Crippen LogP contribution >= 0.6 is 0 Å². The number of nitrogens with zero attached hydrogens (tertiary/aromatic N) is 1. The van der Waals surface area contributed by atoms with Gasteiger partial charge < -0.3 is 4.74 Å². The fourth-order valence-corrected chi connectivity index (χ4v) is 3.11. The Balaban J connectivity index is 2.23. The Hall–Kier alpha value is -2.34. The number of aryl methyl sites for hydroxylation is 2. The lowest BCUT2D eigenvalue weighted by atomic mass is 10.2. The van der Waals surface area contributed by atoms with Crippen molar-refractivity contribution in [3.63, 3.8) is 0 Å². The minimum absolute atomic E-state index is 0.227. The van der Waals surface area contributed by atoms with Crippen LogP contribution in [0.15, 0.2) is 52.5 Å². The fourth-order valence-electron chi connectivity index (χ4n) is 1.98. The van der Waals surface area contributed by atoms with Gasteiger partial charge in [-0.15, -0.1) is 0 Å². The summed E-state index contributed by atoms with van der Waals surface area (Å²) in [6, 6.07) is 12.5. The maximum Gasteiger partial charge on any atom is 0.276 e. The third-order valence-electron chi connectivity index (χ3n) is 3.15. The Labute approximate surface area is 130 Å². The van der Waals surface area contributed by atoms with Gasteiger partial charge in [0.2, 0.25) is 0 Å². The van der Waals surface area contributed by atoms with Crippen molar-refractivity contribution in [3.8, 4) is 5.75 Å². The molecule has 0 aliphatic carbocycles. The van der Waals surface area contributed by atoms with E-state index >= 15 is 0 Å². The molecule has 0 spiro atoms. The first-order chi connectivity index (χ1) is 10.4. The highest BCUT2D eigenvalue weighted by Crippen LogP contribution is 2.17. The molecule has 0 saturated heterocycles. The van der Waals surface area contributed by atoms with Crippen molar-refractivity contribution in [1.82, 2.24) is 4.83 Å². The molecule has 0 heterocycles. The van der Waals surface area contributed by atoms with Crippen molar-refractivity contribution >= 4 is 16.2 Å². The second-order valence-corrected chi connectivity index (χ2v) is 6.49. The van der Waals surface area contributed by atoms with Gasteiger partial charge in [-0.05, 0) is 43.2 Å². The monoisotopic (exact) mass is 318 g/mol. The lowest BCUT2D eigenvalue weighted by Crippen LogP contribution is -2.19. The van der Waals surface area contributed by atoms with Crippen molar-refractivity contribution in [2.45, 2.75) is 18.7 Å². The number of hydrogen-bond donors (Lipinski definition) is 1. The van der Waals surface area contributed by atoms with Gasteiger partial charge in [0.25, 0.3) is 10.0 Å². The molecule has 1 N–H and O–H groups in total. The average Bonchev–Trinajstić information content (AvgIpc) is 2.50. The molecule has 0 saturated carbocycles. The van der Waals surface area contributed by atoms with Crippen molar-refractivity contribution in [2.24, 2.45) is 5.10 Å². The average molecular weight is 318 g/mol. The van der Waals surface area contributed by atoms with Crippen molar-refractivity contribution in [2.75, 3.05) is 7.11 Å². The van der Waals surface area contributed by atoms with Crippen LogP contribution in [0.2, 0.25) is 0 Å². The first kappa shape index (κ1) is 16.0. The normalized spacial score (nSPS) is 11.6. The zero-order valence-corrected chi connectivity index (χ0v) is 13.5. The van der Waals surface area contributed by atoms with Gasteiger partial charge in [0.1, 0.15) is 5.75 Å². The molecular weight excluding hydrogens is 300 g/mol. The van der Waals surface area contributed by atoms with Gasteiger partial charge in [-0.2, -0.15) is 13.5 Å². The molecule has 22 heavy (non-hydrogen) atoms. The molecule has 0 amide bonds. The van der Waals surface area contributed by atoms with E-state index in [1.807, 2.05) is 25.1 Å². The largest absolute Gasteiger partial charge is 0.496 e. The second kappa shape index (κ2) is 6.62. The van der Waals surface area contributed by atoms with Crippen LogP contribution in [0.4, 0.5) is 0 Å². The van der Waals surface area contributed by atoms with Gasteiger partial charge in [-0.1, -0.05) is 24.3 Å². The summed E-state index contributed by atoms with van der Waals surface area (Å²) in [6.45, 7) is 3.59. The minimum atomic E-state index is -3.69. The van der Waals surface area contributed by atoms with Crippen LogP contribution in [0.25, 0.3) is 0 Å². The van der Waals surface area contributed by atoms with E-state index in [1.165, 1.54) is 6.21 Å². The summed E-state index contributed by atoms with van der Waals surface area (Å²) in [7, 11) is -2.14. The summed E-state index contributed by atoms with van der Waals surface area (Å²) in [5.74, 6) is 0.622. The minimum Gasteiger partial charge on any atom is -0.496 e. The summed E-state index contributed by atoms with van der Waals surface area (Å²) in [5.41, 5.74) is 2.24. The third kappa shape index (κ3) is 3.65. The fraction of sp³-hybridized carbons (Fsp3) is 0.188. The predicted octanol–water partition coefficient (Wildman–Crippen LogP) is 2.62.